The van der Waals surface area contributed by atoms with Crippen LogP contribution in [0.25, 0.3) is 0 Å². The summed E-state index contributed by atoms with van der Waals surface area (Å²) in [5.74, 6) is 0. The van der Waals surface area contributed by atoms with Gasteiger partial charge in [-0.2, -0.15) is 0 Å². The number of aliphatic hydroxyl groups excluding tert-OH is 1. The topological polar surface area (TPSA) is 23.5 Å². The van der Waals surface area contributed by atoms with E-state index in [1.165, 1.54) is 57.3 Å². The van der Waals surface area contributed by atoms with E-state index < -0.39 is 6.10 Å². The first-order chi connectivity index (χ1) is 9.60. The molecule has 2 nitrogen and oxygen atoms in total. The highest BCUT2D eigenvalue weighted by Crippen LogP contribution is 2.47. The summed E-state index contributed by atoms with van der Waals surface area (Å²) in [6.07, 6.45) is 8.06. The number of rotatable bonds is 2. The van der Waals surface area contributed by atoms with Crippen molar-refractivity contribution < 1.29 is 5.11 Å². The lowest BCUT2D eigenvalue weighted by Gasteiger charge is -2.41. The Morgan fingerprint density at radius 2 is 1.80 bits per heavy atom. The molecule has 1 atom stereocenters. The fourth-order valence-electron chi connectivity index (χ4n) is 3.89. The summed E-state index contributed by atoms with van der Waals surface area (Å²) >= 11 is 3.67. The van der Waals surface area contributed by atoms with Crippen LogP contribution in [0, 0.1) is 5.41 Å². The largest absolute Gasteiger partial charge is 0.389 e. The van der Waals surface area contributed by atoms with Crippen molar-refractivity contribution in [2.24, 2.45) is 5.41 Å². The van der Waals surface area contributed by atoms with Crippen molar-refractivity contribution in [1.82, 2.24) is 0 Å². The molecule has 1 N–H and O–H groups in total. The van der Waals surface area contributed by atoms with Gasteiger partial charge in [0.05, 0.1) is 11.8 Å². The van der Waals surface area contributed by atoms with E-state index >= 15 is 0 Å². The van der Waals surface area contributed by atoms with Gasteiger partial charge in [-0.05, 0) is 71.6 Å². The van der Waals surface area contributed by atoms with Crippen LogP contribution >= 0.6 is 15.9 Å². The number of hydrogen-bond donors (Lipinski definition) is 1. The molecule has 2 fully saturated rings. The molecule has 1 saturated carbocycles. The highest BCUT2D eigenvalue weighted by molar-refractivity contribution is 9.10. The quantitative estimate of drug-likeness (QED) is 0.848. The van der Waals surface area contributed by atoms with Crippen molar-refractivity contribution in [2.75, 3.05) is 18.0 Å². The molecule has 3 heteroatoms. The molecular weight excluding hydrogens is 314 g/mol. The Bertz CT molecular complexity index is 470. The molecule has 0 unspecified atom stereocenters. The number of hydrogen-bond acceptors (Lipinski definition) is 2. The predicted molar refractivity (Wildman–Crippen MR) is 87.1 cm³/mol. The second-order valence-corrected chi connectivity index (χ2v) is 7.44. The molecule has 1 aromatic carbocycles. The van der Waals surface area contributed by atoms with E-state index in [1.54, 1.807) is 0 Å². The van der Waals surface area contributed by atoms with Crippen LogP contribution in [0.4, 0.5) is 5.69 Å². The van der Waals surface area contributed by atoms with Crippen LogP contribution in [-0.2, 0) is 0 Å². The van der Waals surface area contributed by atoms with Crippen molar-refractivity contribution in [1.29, 1.82) is 0 Å². The molecule has 1 aliphatic heterocycles. The zero-order valence-electron chi connectivity index (χ0n) is 12.2. The molecule has 110 valence electrons. The Kier molecular flexibility index (Phi) is 4.09. The number of benzene rings is 1. The third-order valence-electron chi connectivity index (χ3n) is 5.28. The minimum Gasteiger partial charge on any atom is -0.389 e. The highest BCUT2D eigenvalue weighted by Gasteiger charge is 2.37. The molecule has 0 radical (unpaired) electrons. The average molecular weight is 338 g/mol. The summed E-state index contributed by atoms with van der Waals surface area (Å²) in [6.45, 7) is 4.16. The van der Waals surface area contributed by atoms with Gasteiger partial charge in [0.2, 0.25) is 0 Å². The van der Waals surface area contributed by atoms with E-state index in [1.807, 2.05) is 13.0 Å². The van der Waals surface area contributed by atoms with Gasteiger partial charge in [0.1, 0.15) is 0 Å². The molecule has 0 aromatic heterocycles. The maximum absolute atomic E-state index is 9.65. The first-order valence-corrected chi connectivity index (χ1v) is 8.61. The Balaban J connectivity index is 1.71. The number of halogens is 1. The van der Waals surface area contributed by atoms with Crippen LogP contribution in [0.2, 0.25) is 0 Å². The summed E-state index contributed by atoms with van der Waals surface area (Å²) in [5, 5.41) is 9.65. The van der Waals surface area contributed by atoms with E-state index in [9.17, 15) is 5.11 Å². The number of nitrogens with zero attached hydrogens (tertiary/aromatic N) is 1. The van der Waals surface area contributed by atoms with Crippen molar-refractivity contribution in [3.63, 3.8) is 0 Å². The lowest BCUT2D eigenvalue weighted by Crippen LogP contribution is -2.39. The van der Waals surface area contributed by atoms with Gasteiger partial charge in [-0.3, -0.25) is 0 Å². The average Bonchev–Trinajstić information content (AvgIpc) is 2.88. The van der Waals surface area contributed by atoms with Gasteiger partial charge in [0, 0.05) is 17.6 Å². The molecule has 1 heterocycles. The monoisotopic (exact) mass is 337 g/mol. The molecule has 2 aliphatic rings. The lowest BCUT2D eigenvalue weighted by atomic mass is 9.77. The minimum atomic E-state index is -0.400. The van der Waals surface area contributed by atoms with Gasteiger partial charge < -0.3 is 10.0 Å². The SMILES string of the molecule is C[C@H](O)c1ccc(N2CCC3(CCCC3)CC2)c(Br)c1. The first-order valence-electron chi connectivity index (χ1n) is 7.82. The van der Waals surface area contributed by atoms with Gasteiger partial charge in [0.15, 0.2) is 0 Å². The summed E-state index contributed by atoms with van der Waals surface area (Å²) in [5.41, 5.74) is 2.93. The lowest BCUT2D eigenvalue weighted by molar-refractivity contribution is 0.199. The molecule has 1 spiro atoms. The fraction of sp³-hybridized carbons (Fsp3) is 0.647. The van der Waals surface area contributed by atoms with Gasteiger partial charge in [-0.15, -0.1) is 0 Å². The molecule has 1 saturated heterocycles. The zero-order valence-corrected chi connectivity index (χ0v) is 13.8. The van der Waals surface area contributed by atoms with Crippen molar-refractivity contribution in [3.8, 4) is 0 Å². The van der Waals surface area contributed by atoms with Gasteiger partial charge in [-0.25, -0.2) is 0 Å². The predicted octanol–water partition coefficient (Wildman–Crippen LogP) is 4.66. The van der Waals surface area contributed by atoms with Crippen LogP contribution in [0.3, 0.4) is 0 Å². The number of aliphatic hydroxyl groups is 1. The molecule has 0 bridgehead atoms. The minimum absolute atomic E-state index is 0.400. The summed E-state index contributed by atoms with van der Waals surface area (Å²) in [7, 11) is 0. The first kappa shape index (κ1) is 14.4. The van der Waals surface area contributed by atoms with Crippen LogP contribution in [0.15, 0.2) is 22.7 Å². The Morgan fingerprint density at radius 1 is 1.15 bits per heavy atom. The molecule has 3 rings (SSSR count). The summed E-state index contributed by atoms with van der Waals surface area (Å²) in [4.78, 5) is 2.50. The fourth-order valence-corrected chi connectivity index (χ4v) is 4.53. The molecular formula is C17H24BrNO. The van der Waals surface area contributed by atoms with Gasteiger partial charge >= 0.3 is 0 Å². The molecule has 20 heavy (non-hydrogen) atoms. The second kappa shape index (κ2) is 5.69. The zero-order chi connectivity index (χ0) is 14.2. The van der Waals surface area contributed by atoms with E-state index in [0.29, 0.717) is 5.41 Å². The van der Waals surface area contributed by atoms with E-state index in [0.717, 1.165) is 10.0 Å². The summed E-state index contributed by atoms with van der Waals surface area (Å²) < 4.78 is 1.11. The maximum atomic E-state index is 9.65. The summed E-state index contributed by atoms with van der Waals surface area (Å²) in [6, 6.07) is 6.25. The smallest absolute Gasteiger partial charge is 0.0762 e. The number of anilines is 1. The third-order valence-corrected chi connectivity index (χ3v) is 5.92. The second-order valence-electron chi connectivity index (χ2n) is 6.58. The molecule has 0 amide bonds. The number of piperidine rings is 1. The van der Waals surface area contributed by atoms with Crippen molar-refractivity contribution in [3.05, 3.63) is 28.2 Å². The van der Waals surface area contributed by atoms with Crippen LogP contribution in [0.5, 0.6) is 0 Å². The van der Waals surface area contributed by atoms with Gasteiger partial charge in [0.25, 0.3) is 0 Å². The standard InChI is InChI=1S/C17H24BrNO/c1-13(20)14-4-5-16(15(18)12-14)19-10-8-17(9-11-19)6-2-3-7-17/h4-5,12-13,20H,2-3,6-11H2,1H3/t13-/m0/s1. The Morgan fingerprint density at radius 3 is 2.35 bits per heavy atom. The van der Waals surface area contributed by atoms with Crippen LogP contribution in [-0.4, -0.2) is 18.2 Å². The van der Waals surface area contributed by atoms with Crippen LogP contribution < -0.4 is 4.90 Å². The Labute approximate surface area is 130 Å². The van der Waals surface area contributed by atoms with Crippen molar-refractivity contribution >= 4 is 21.6 Å². The maximum Gasteiger partial charge on any atom is 0.0762 e. The van der Waals surface area contributed by atoms with E-state index in [-0.39, 0.29) is 0 Å². The normalized spacial score (nSPS) is 23.2. The highest BCUT2D eigenvalue weighted by atomic mass is 79.9. The molecule has 1 aliphatic carbocycles. The van der Waals surface area contributed by atoms with Crippen molar-refractivity contribution in [2.45, 2.75) is 51.6 Å². The third kappa shape index (κ3) is 2.75. The van der Waals surface area contributed by atoms with Crippen LogP contribution in [0.1, 0.15) is 57.1 Å². The van der Waals surface area contributed by atoms with E-state index in [2.05, 4.69) is 33.0 Å². The van der Waals surface area contributed by atoms with E-state index in [4.69, 9.17) is 0 Å². The molecule has 1 aromatic rings. The van der Waals surface area contributed by atoms with Gasteiger partial charge in [-0.1, -0.05) is 18.9 Å². The Hall–Kier alpha value is -0.540.